The standard InChI is InChI=1S/C18H6Br14O4/c19-8-6-9(11(21)12(22)10(8)20)34-36-18(32)16(29,30)14(25,26)13(23,24)15(27,28)17(18,31)35-33-7-4-2-1-3-5-7/h1-6H. The molecule has 0 saturated heterocycles. The van der Waals surface area contributed by atoms with Gasteiger partial charge in [-0.1, -0.05) is 146 Å². The molecule has 0 radical (unpaired) electrons. The number of para-hydroxylation sites is 1. The molecule has 2 unspecified atom stereocenters. The summed E-state index contributed by atoms with van der Waals surface area (Å²) in [6.07, 6.45) is 0. The summed E-state index contributed by atoms with van der Waals surface area (Å²) in [5.74, 6) is 0.801. The normalized spacial score (nSPS) is 27.9. The second kappa shape index (κ2) is 12.6. The van der Waals surface area contributed by atoms with Gasteiger partial charge in [-0.25, -0.2) is 0 Å². The van der Waals surface area contributed by atoms with Gasteiger partial charge in [0.2, 0.25) is 9.02 Å². The predicted octanol–water partition coefficient (Wildman–Crippen LogP) is 13.2. The van der Waals surface area contributed by atoms with Gasteiger partial charge in [0.1, 0.15) is 6.47 Å². The van der Waals surface area contributed by atoms with Crippen molar-refractivity contribution in [2.45, 2.75) is 22.0 Å². The highest BCUT2D eigenvalue weighted by Crippen LogP contribution is 2.80. The van der Waals surface area contributed by atoms with Gasteiger partial charge >= 0.3 is 0 Å². The minimum Gasteiger partial charge on any atom is -0.336 e. The Bertz CT molecular complexity index is 1140. The summed E-state index contributed by atoms with van der Waals surface area (Å²) in [4.78, 5) is 24.0. The van der Waals surface area contributed by atoms with E-state index < -0.39 is 22.0 Å². The lowest BCUT2D eigenvalue weighted by Gasteiger charge is -2.64. The lowest BCUT2D eigenvalue weighted by atomic mass is 9.93. The molecule has 0 bridgehead atoms. The van der Waals surface area contributed by atoms with Crippen LogP contribution in [0.1, 0.15) is 0 Å². The van der Waals surface area contributed by atoms with Crippen molar-refractivity contribution >= 4 is 223 Å². The molecule has 18 heteroatoms. The zero-order valence-electron chi connectivity index (χ0n) is 16.4. The summed E-state index contributed by atoms with van der Waals surface area (Å²) < 4.78 is -5.12. The van der Waals surface area contributed by atoms with Crippen molar-refractivity contribution in [3.8, 4) is 11.5 Å². The summed E-state index contributed by atoms with van der Waals surface area (Å²) in [6, 6.07) is 10.7. The Kier molecular flexibility index (Phi) is 12.3. The second-order valence-corrected chi connectivity index (χ2v) is 26.2. The molecule has 0 N–H and O–H groups in total. The van der Waals surface area contributed by atoms with Crippen LogP contribution in [0.3, 0.4) is 0 Å². The molecule has 4 nitrogen and oxygen atoms in total. The van der Waals surface area contributed by atoms with E-state index in [-0.39, 0.29) is 0 Å². The monoisotopic (exact) mass is 1390 g/mol. The van der Waals surface area contributed by atoms with E-state index in [2.05, 4.69) is 223 Å². The first-order valence-electron chi connectivity index (χ1n) is 8.78. The van der Waals surface area contributed by atoms with E-state index >= 15 is 0 Å². The van der Waals surface area contributed by atoms with Gasteiger partial charge in [0.15, 0.2) is 18.0 Å². The van der Waals surface area contributed by atoms with E-state index in [1.807, 2.05) is 18.2 Å². The van der Waals surface area contributed by atoms with Crippen LogP contribution in [0.25, 0.3) is 0 Å². The summed E-state index contributed by atoms with van der Waals surface area (Å²) in [7, 11) is 0. The molecule has 1 aliphatic rings. The summed E-state index contributed by atoms with van der Waals surface area (Å²) in [6.45, 7) is 0. The van der Waals surface area contributed by atoms with Crippen LogP contribution in [-0.2, 0) is 9.78 Å². The van der Waals surface area contributed by atoms with Gasteiger partial charge in [-0.15, -0.1) is 0 Å². The highest BCUT2D eigenvalue weighted by atomic mass is 79.9. The summed E-state index contributed by atoms with van der Waals surface area (Å²) in [5.41, 5.74) is 0. The second-order valence-electron chi connectivity index (χ2n) is 6.93. The summed E-state index contributed by atoms with van der Waals surface area (Å²) >= 11 is 51.6. The van der Waals surface area contributed by atoms with Crippen molar-refractivity contribution in [1.82, 2.24) is 0 Å². The third-order valence-corrected chi connectivity index (χ3v) is 30.3. The number of hydrogen-bond donors (Lipinski definition) is 0. The van der Waals surface area contributed by atoms with Crippen molar-refractivity contribution in [2.75, 3.05) is 0 Å². The van der Waals surface area contributed by atoms with Crippen molar-refractivity contribution in [1.29, 1.82) is 0 Å². The van der Waals surface area contributed by atoms with Crippen molar-refractivity contribution in [2.24, 2.45) is 0 Å². The van der Waals surface area contributed by atoms with E-state index in [0.717, 1.165) is 8.95 Å². The van der Waals surface area contributed by atoms with Gasteiger partial charge in [0, 0.05) is 15.0 Å². The first kappa shape index (κ1) is 35.2. The molecule has 1 saturated carbocycles. The minimum atomic E-state index is -1.65. The molecule has 1 fully saturated rings. The van der Waals surface area contributed by atoms with Gasteiger partial charge in [-0.2, -0.15) is 9.78 Å². The largest absolute Gasteiger partial charge is 0.336 e. The van der Waals surface area contributed by atoms with Gasteiger partial charge in [0.25, 0.3) is 0 Å². The highest BCUT2D eigenvalue weighted by Gasteiger charge is 2.89. The third-order valence-electron chi connectivity index (χ3n) is 4.72. The maximum Gasteiger partial charge on any atom is 0.241 e. The van der Waals surface area contributed by atoms with Crippen LogP contribution in [0.5, 0.6) is 11.5 Å². The third kappa shape index (κ3) is 5.64. The SMILES string of the molecule is Brc1cc(OOC2(Br)C(Br)(Br)C(Br)(Br)C(Br)(Br)C(Br)(Br)C2(Br)OOc2ccccc2)c(Br)c(Br)c1Br. The molecule has 0 aromatic heterocycles. The molecular weight excluding hydrogens is 1400 g/mol. The summed E-state index contributed by atoms with van der Waals surface area (Å²) in [5, 5.41) is 0. The molecular formula is C18H6Br14O4. The van der Waals surface area contributed by atoms with Crippen LogP contribution in [0.15, 0.2) is 54.3 Å². The molecule has 1 aliphatic carbocycles. The fourth-order valence-corrected chi connectivity index (χ4v) is 15.3. The van der Waals surface area contributed by atoms with Gasteiger partial charge in [-0.3, -0.25) is 0 Å². The fraction of sp³-hybridized carbons (Fsp3) is 0.333. The minimum absolute atomic E-state index is 0.351. The fourth-order valence-electron chi connectivity index (χ4n) is 2.71. The number of rotatable bonds is 6. The maximum absolute atomic E-state index is 6.19. The van der Waals surface area contributed by atoms with Crippen molar-refractivity contribution < 1.29 is 19.6 Å². The topological polar surface area (TPSA) is 36.9 Å². The van der Waals surface area contributed by atoms with Gasteiger partial charge in [0.05, 0.1) is 8.95 Å². The lowest BCUT2D eigenvalue weighted by Crippen LogP contribution is -2.81. The van der Waals surface area contributed by atoms with Gasteiger partial charge < -0.3 is 9.78 Å². The van der Waals surface area contributed by atoms with Crippen molar-refractivity contribution in [3.05, 3.63) is 54.3 Å². The average Bonchev–Trinajstić information content (AvgIpc) is 2.81. The zero-order chi connectivity index (χ0) is 27.5. The highest BCUT2D eigenvalue weighted by molar-refractivity contribution is 9.35. The van der Waals surface area contributed by atoms with Gasteiger partial charge in [-0.05, 0) is 108 Å². The Morgan fingerprint density at radius 1 is 0.500 bits per heavy atom. The molecule has 3 rings (SSSR count). The molecule has 200 valence electrons. The molecule has 0 aliphatic heterocycles. The van der Waals surface area contributed by atoms with Crippen LogP contribution in [0.4, 0.5) is 0 Å². The van der Waals surface area contributed by atoms with E-state index in [4.69, 9.17) is 19.6 Å². The quantitative estimate of drug-likeness (QED) is 0.0950. The number of halogens is 14. The first-order valence-corrected chi connectivity index (χ1v) is 19.9. The first-order chi connectivity index (χ1) is 16.3. The number of alkyl halides is 10. The van der Waals surface area contributed by atoms with Crippen LogP contribution in [0.2, 0.25) is 0 Å². The Morgan fingerprint density at radius 3 is 1.42 bits per heavy atom. The Labute approximate surface area is 324 Å². The molecule has 2 atom stereocenters. The van der Waals surface area contributed by atoms with Crippen molar-refractivity contribution in [3.63, 3.8) is 0 Å². The molecule has 0 amide bonds. The van der Waals surface area contributed by atoms with Crippen LogP contribution in [0, 0.1) is 0 Å². The van der Waals surface area contributed by atoms with Crippen LogP contribution < -0.4 is 9.78 Å². The Morgan fingerprint density at radius 2 is 0.944 bits per heavy atom. The van der Waals surface area contributed by atoms with E-state index in [0.29, 0.717) is 20.4 Å². The lowest BCUT2D eigenvalue weighted by molar-refractivity contribution is -0.349. The van der Waals surface area contributed by atoms with Crippen LogP contribution >= 0.6 is 223 Å². The van der Waals surface area contributed by atoms with E-state index in [1.54, 1.807) is 18.2 Å². The number of hydrogen-bond acceptors (Lipinski definition) is 4. The maximum atomic E-state index is 6.19. The Balaban J connectivity index is 2.16. The number of benzene rings is 2. The molecule has 2 aromatic rings. The smallest absolute Gasteiger partial charge is 0.241 e. The molecule has 36 heavy (non-hydrogen) atoms. The molecule has 2 aromatic carbocycles. The molecule has 0 spiro atoms. The molecule has 0 heterocycles. The van der Waals surface area contributed by atoms with E-state index in [1.165, 1.54) is 0 Å². The average molecular weight is 1400 g/mol. The van der Waals surface area contributed by atoms with Crippen LogP contribution in [-0.4, -0.2) is 22.0 Å². The predicted molar refractivity (Wildman–Crippen MR) is 193 cm³/mol. The Hall–Kier alpha value is 4.68. The zero-order valence-corrected chi connectivity index (χ0v) is 38.6. The van der Waals surface area contributed by atoms with E-state index in [9.17, 15) is 0 Å².